The van der Waals surface area contributed by atoms with Crippen molar-refractivity contribution in [3.05, 3.63) is 35.4 Å². The molecular weight excluding hydrogens is 500 g/mol. The molecule has 3 N–H and O–H groups in total. The zero-order valence-corrected chi connectivity index (χ0v) is 22.9. The maximum atomic E-state index is 13.6. The van der Waals surface area contributed by atoms with Gasteiger partial charge in [0.15, 0.2) is 11.9 Å². The van der Waals surface area contributed by atoms with Gasteiger partial charge in [-0.1, -0.05) is 37.1 Å². The maximum Gasteiger partial charge on any atom is 0.306 e. The first-order valence-electron chi connectivity index (χ1n) is 14.1. The van der Waals surface area contributed by atoms with E-state index in [-0.39, 0.29) is 35.5 Å². The fourth-order valence-electron chi connectivity index (χ4n) is 5.73. The summed E-state index contributed by atoms with van der Waals surface area (Å²) in [5.74, 6) is -0.972. The monoisotopic (exact) mass is 540 g/mol. The van der Waals surface area contributed by atoms with Crippen LogP contribution in [0, 0.1) is 0 Å². The summed E-state index contributed by atoms with van der Waals surface area (Å²) in [7, 11) is 1.70. The predicted molar refractivity (Wildman–Crippen MR) is 143 cm³/mol. The van der Waals surface area contributed by atoms with E-state index in [2.05, 4.69) is 16.0 Å². The molecule has 1 aromatic rings. The molecule has 0 spiro atoms. The molecule has 3 aliphatic rings. The summed E-state index contributed by atoms with van der Waals surface area (Å²) in [6.45, 7) is 2.06. The van der Waals surface area contributed by atoms with Crippen molar-refractivity contribution >= 4 is 29.5 Å². The number of rotatable bonds is 10. The summed E-state index contributed by atoms with van der Waals surface area (Å²) < 4.78 is 5.06. The Labute approximate surface area is 229 Å². The fourth-order valence-corrected chi connectivity index (χ4v) is 5.73. The summed E-state index contributed by atoms with van der Waals surface area (Å²) in [6.07, 6.45) is 5.56. The molecule has 1 aromatic carbocycles. The van der Waals surface area contributed by atoms with E-state index in [1.165, 1.54) is 0 Å². The number of carbonyl (C=O) groups excluding carboxylic acids is 5. The summed E-state index contributed by atoms with van der Waals surface area (Å²) in [5.41, 5.74) is 1.87. The number of esters is 1. The molecular formula is C29H40N4O6. The smallest absolute Gasteiger partial charge is 0.306 e. The van der Waals surface area contributed by atoms with Gasteiger partial charge >= 0.3 is 5.97 Å². The van der Waals surface area contributed by atoms with Crippen molar-refractivity contribution in [3.8, 4) is 0 Å². The lowest BCUT2D eigenvalue weighted by Gasteiger charge is -2.35. The van der Waals surface area contributed by atoms with Crippen LogP contribution in [-0.2, 0) is 41.7 Å². The van der Waals surface area contributed by atoms with E-state index >= 15 is 0 Å². The van der Waals surface area contributed by atoms with Crippen molar-refractivity contribution in [2.45, 2.75) is 108 Å². The maximum absolute atomic E-state index is 13.6. The molecule has 5 atom stereocenters. The van der Waals surface area contributed by atoms with Crippen molar-refractivity contribution in [3.63, 3.8) is 0 Å². The second kappa shape index (κ2) is 13.2. The number of nitrogens with zero attached hydrogens (tertiary/aromatic N) is 1. The van der Waals surface area contributed by atoms with Crippen LogP contribution >= 0.6 is 0 Å². The number of ketones is 1. The van der Waals surface area contributed by atoms with Gasteiger partial charge in [0.25, 0.3) is 0 Å². The van der Waals surface area contributed by atoms with E-state index < -0.39 is 24.2 Å². The average molecular weight is 541 g/mol. The van der Waals surface area contributed by atoms with Crippen LogP contribution in [0.25, 0.3) is 0 Å². The third-order valence-corrected chi connectivity index (χ3v) is 8.14. The zero-order chi connectivity index (χ0) is 27.9. The Balaban J connectivity index is 1.34. The Morgan fingerprint density at radius 2 is 1.82 bits per heavy atom. The van der Waals surface area contributed by atoms with E-state index in [1.807, 2.05) is 24.3 Å². The minimum absolute atomic E-state index is 0.00896. The van der Waals surface area contributed by atoms with Gasteiger partial charge in [-0.2, -0.15) is 0 Å². The standard InChI is InChI=1S/C29H40N4O6/c1-18(30-2)27(36)32-22-9-4-3-8-21-11-12-23(33(21)29(22)38)28(37)31-17-20-7-5-6-19(16-20)10-13-24(34)25-14-15-26(35)39-25/h5-7,16,18,21-23,25,30H,3-4,8-15,17H2,1-2H3,(H,31,37)(H,32,36)/t18-,21-,22-,23-,25+/m0/s1. The number of benzene rings is 1. The first-order chi connectivity index (χ1) is 18.8. The molecule has 3 saturated heterocycles. The summed E-state index contributed by atoms with van der Waals surface area (Å²) in [6, 6.07) is 6.11. The van der Waals surface area contributed by atoms with Crippen LogP contribution in [0.4, 0.5) is 0 Å². The van der Waals surface area contributed by atoms with Crippen LogP contribution in [0.2, 0.25) is 0 Å². The Hall–Kier alpha value is -3.27. The normalized spacial score (nSPS) is 25.7. The van der Waals surface area contributed by atoms with Crippen LogP contribution in [0.15, 0.2) is 24.3 Å². The lowest BCUT2D eigenvalue weighted by atomic mass is 9.98. The molecule has 3 heterocycles. The molecule has 0 aliphatic carbocycles. The van der Waals surface area contributed by atoms with Gasteiger partial charge in [0.1, 0.15) is 12.1 Å². The molecule has 4 rings (SSSR count). The largest absolute Gasteiger partial charge is 0.454 e. The number of nitrogens with one attached hydrogen (secondary N) is 3. The first-order valence-corrected chi connectivity index (χ1v) is 14.1. The highest BCUT2D eigenvalue weighted by molar-refractivity contribution is 5.93. The molecule has 212 valence electrons. The van der Waals surface area contributed by atoms with Gasteiger partial charge in [0, 0.05) is 31.8 Å². The summed E-state index contributed by atoms with van der Waals surface area (Å²) in [5, 5.41) is 8.79. The Morgan fingerprint density at radius 3 is 2.56 bits per heavy atom. The van der Waals surface area contributed by atoms with E-state index in [0.29, 0.717) is 45.1 Å². The third kappa shape index (κ3) is 7.23. The predicted octanol–water partition coefficient (Wildman–Crippen LogP) is 1.54. The number of ether oxygens (including phenoxy) is 1. The number of amides is 3. The SMILES string of the molecule is CN[C@@H](C)C(=O)N[C@H]1CCCC[C@H]2CC[C@@H](C(=O)NCc3cccc(CCC(=O)[C@H]4CCC(=O)O4)c3)N2C1=O. The molecule has 10 heteroatoms. The van der Waals surface area contributed by atoms with Crippen LogP contribution in [0.5, 0.6) is 0 Å². The van der Waals surface area contributed by atoms with E-state index in [0.717, 1.165) is 36.8 Å². The number of fused-ring (bicyclic) bond motifs is 1. The van der Waals surface area contributed by atoms with Crippen LogP contribution in [0.1, 0.15) is 75.8 Å². The number of likely N-dealkylation sites (N-methyl/N-ethyl adjacent to an activating group) is 1. The Bertz CT molecular complexity index is 1090. The number of hydrogen-bond acceptors (Lipinski definition) is 7. The van der Waals surface area contributed by atoms with Gasteiger partial charge in [-0.3, -0.25) is 24.0 Å². The average Bonchev–Trinajstić information content (AvgIpc) is 3.56. The fraction of sp³-hybridized carbons (Fsp3) is 0.621. The molecule has 3 aliphatic heterocycles. The number of cyclic esters (lactones) is 1. The molecule has 0 unspecified atom stereocenters. The topological polar surface area (TPSA) is 134 Å². The second-order valence-electron chi connectivity index (χ2n) is 10.9. The molecule has 3 fully saturated rings. The Morgan fingerprint density at radius 1 is 1.05 bits per heavy atom. The van der Waals surface area contributed by atoms with Gasteiger partial charge in [0.05, 0.1) is 6.04 Å². The first kappa shape index (κ1) is 28.7. The molecule has 0 saturated carbocycles. The van der Waals surface area contributed by atoms with Gasteiger partial charge in [-0.15, -0.1) is 0 Å². The minimum Gasteiger partial charge on any atom is -0.454 e. The zero-order valence-electron chi connectivity index (χ0n) is 22.9. The van der Waals surface area contributed by atoms with Crippen LogP contribution in [-0.4, -0.2) is 71.7 Å². The molecule has 0 radical (unpaired) electrons. The van der Waals surface area contributed by atoms with Crippen molar-refractivity contribution in [2.24, 2.45) is 0 Å². The van der Waals surface area contributed by atoms with Crippen molar-refractivity contribution in [2.75, 3.05) is 7.05 Å². The van der Waals surface area contributed by atoms with Gasteiger partial charge in [-0.25, -0.2) is 0 Å². The highest BCUT2D eigenvalue weighted by atomic mass is 16.6. The van der Waals surface area contributed by atoms with E-state index in [1.54, 1.807) is 18.9 Å². The third-order valence-electron chi connectivity index (χ3n) is 8.14. The minimum atomic E-state index is -0.628. The second-order valence-corrected chi connectivity index (χ2v) is 10.9. The molecule has 0 bridgehead atoms. The quantitative estimate of drug-likeness (QED) is 0.383. The lowest BCUT2D eigenvalue weighted by molar-refractivity contribution is -0.147. The lowest BCUT2D eigenvalue weighted by Crippen LogP contribution is -2.57. The van der Waals surface area contributed by atoms with Gasteiger partial charge in [0.2, 0.25) is 17.7 Å². The van der Waals surface area contributed by atoms with E-state index in [9.17, 15) is 24.0 Å². The van der Waals surface area contributed by atoms with Crippen molar-refractivity contribution in [1.82, 2.24) is 20.9 Å². The highest BCUT2D eigenvalue weighted by Gasteiger charge is 2.43. The van der Waals surface area contributed by atoms with Crippen molar-refractivity contribution < 1.29 is 28.7 Å². The Kier molecular flexibility index (Phi) is 9.72. The van der Waals surface area contributed by atoms with Gasteiger partial charge < -0.3 is 25.6 Å². The number of carbonyl (C=O) groups is 5. The van der Waals surface area contributed by atoms with Gasteiger partial charge in [-0.05, 0) is 57.2 Å². The van der Waals surface area contributed by atoms with Crippen LogP contribution < -0.4 is 16.0 Å². The molecule has 0 aromatic heterocycles. The molecule has 3 amide bonds. The number of Topliss-reactive ketones (excluding diaryl/α,β-unsaturated/α-hetero) is 1. The molecule has 10 nitrogen and oxygen atoms in total. The number of hydrogen-bond donors (Lipinski definition) is 3. The number of aryl methyl sites for hydroxylation is 1. The van der Waals surface area contributed by atoms with E-state index in [4.69, 9.17) is 4.74 Å². The highest BCUT2D eigenvalue weighted by Crippen LogP contribution is 2.31. The summed E-state index contributed by atoms with van der Waals surface area (Å²) >= 11 is 0. The van der Waals surface area contributed by atoms with Crippen LogP contribution in [0.3, 0.4) is 0 Å². The van der Waals surface area contributed by atoms with Crippen molar-refractivity contribution in [1.29, 1.82) is 0 Å². The molecule has 39 heavy (non-hydrogen) atoms. The summed E-state index contributed by atoms with van der Waals surface area (Å²) in [4.78, 5) is 64.7.